The maximum absolute atomic E-state index is 14.1. The summed E-state index contributed by atoms with van der Waals surface area (Å²) in [5, 5.41) is 0. The van der Waals surface area contributed by atoms with Crippen molar-refractivity contribution in [2.45, 2.75) is 4.90 Å². The molecule has 0 spiro atoms. The van der Waals surface area contributed by atoms with Gasteiger partial charge < -0.3 is 28.7 Å². The summed E-state index contributed by atoms with van der Waals surface area (Å²) in [6.45, 7) is 1.79. The van der Waals surface area contributed by atoms with Crippen LogP contribution in [-0.4, -0.2) is 80.4 Å². The molecule has 1 aliphatic heterocycles. The van der Waals surface area contributed by atoms with Crippen LogP contribution in [0.2, 0.25) is 0 Å². The Morgan fingerprint density at radius 1 is 0.769 bits per heavy atom. The van der Waals surface area contributed by atoms with Gasteiger partial charge in [0.05, 0.1) is 39.0 Å². The summed E-state index contributed by atoms with van der Waals surface area (Å²) < 4.78 is 50.6. The standard InChI is InChI=1S/C28H33N3O7S/c1-35-22-10-12-25(36-2)24(18-22)31(39(33,34)23-11-13-26(37-3)27(19-23)38-4)20-28(32)30-16-14-29(15-17-30)21-8-6-5-7-9-21/h5-13,18-19H,14-17,20H2,1-4H3. The fourth-order valence-corrected chi connectivity index (χ4v) is 5.90. The quantitative estimate of drug-likeness (QED) is 0.376. The second kappa shape index (κ2) is 12.2. The number of hydrogen-bond donors (Lipinski definition) is 0. The third kappa shape index (κ3) is 5.98. The average Bonchev–Trinajstić information content (AvgIpc) is 2.99. The van der Waals surface area contributed by atoms with Crippen LogP contribution in [0.1, 0.15) is 0 Å². The molecule has 11 heteroatoms. The molecule has 208 valence electrons. The third-order valence-electron chi connectivity index (χ3n) is 6.63. The molecule has 0 saturated carbocycles. The van der Waals surface area contributed by atoms with Crippen molar-refractivity contribution in [3.63, 3.8) is 0 Å². The van der Waals surface area contributed by atoms with E-state index < -0.39 is 16.6 Å². The number of piperazine rings is 1. The lowest BCUT2D eigenvalue weighted by atomic mass is 10.2. The van der Waals surface area contributed by atoms with E-state index in [1.165, 1.54) is 52.7 Å². The Kier molecular flexibility index (Phi) is 8.70. The van der Waals surface area contributed by atoms with Gasteiger partial charge in [-0.05, 0) is 36.4 Å². The molecule has 0 aromatic heterocycles. The highest BCUT2D eigenvalue weighted by molar-refractivity contribution is 7.92. The van der Waals surface area contributed by atoms with Crippen molar-refractivity contribution in [2.24, 2.45) is 0 Å². The topological polar surface area (TPSA) is 97.9 Å². The van der Waals surface area contributed by atoms with Crippen molar-refractivity contribution >= 4 is 27.3 Å². The number of hydrogen-bond acceptors (Lipinski definition) is 8. The summed E-state index contributed by atoms with van der Waals surface area (Å²) in [7, 11) is 1.57. The highest BCUT2D eigenvalue weighted by Gasteiger charge is 2.33. The Morgan fingerprint density at radius 3 is 2.03 bits per heavy atom. The highest BCUT2D eigenvalue weighted by atomic mass is 32.2. The monoisotopic (exact) mass is 555 g/mol. The summed E-state index contributed by atoms with van der Waals surface area (Å²) in [5.74, 6) is 1.01. The first-order chi connectivity index (χ1) is 18.8. The van der Waals surface area contributed by atoms with Gasteiger partial charge in [-0.2, -0.15) is 0 Å². The van der Waals surface area contributed by atoms with Crippen molar-refractivity contribution in [1.29, 1.82) is 0 Å². The normalized spacial score (nSPS) is 13.5. The minimum atomic E-state index is -4.25. The van der Waals surface area contributed by atoms with Gasteiger partial charge in [-0.15, -0.1) is 0 Å². The van der Waals surface area contributed by atoms with Crippen LogP contribution in [0.15, 0.2) is 71.6 Å². The summed E-state index contributed by atoms with van der Waals surface area (Å²) in [5.41, 5.74) is 1.27. The maximum atomic E-state index is 14.1. The van der Waals surface area contributed by atoms with E-state index in [4.69, 9.17) is 18.9 Å². The number of anilines is 2. The number of carbonyl (C=O) groups excluding carboxylic acids is 1. The van der Waals surface area contributed by atoms with E-state index in [9.17, 15) is 13.2 Å². The molecule has 0 N–H and O–H groups in total. The number of para-hydroxylation sites is 1. The molecule has 3 aromatic rings. The molecule has 1 amide bonds. The Morgan fingerprint density at radius 2 is 1.41 bits per heavy atom. The molecule has 1 heterocycles. The van der Waals surface area contributed by atoms with Crippen LogP contribution in [0.4, 0.5) is 11.4 Å². The first-order valence-electron chi connectivity index (χ1n) is 12.4. The van der Waals surface area contributed by atoms with E-state index in [1.807, 2.05) is 30.3 Å². The van der Waals surface area contributed by atoms with Crippen LogP contribution >= 0.6 is 0 Å². The minimum Gasteiger partial charge on any atom is -0.497 e. The van der Waals surface area contributed by atoms with Crippen LogP contribution in [0, 0.1) is 0 Å². The molecule has 1 saturated heterocycles. The van der Waals surface area contributed by atoms with Crippen LogP contribution in [0.5, 0.6) is 23.0 Å². The molecule has 39 heavy (non-hydrogen) atoms. The lowest BCUT2D eigenvalue weighted by Crippen LogP contribution is -2.52. The molecule has 1 aliphatic rings. The maximum Gasteiger partial charge on any atom is 0.265 e. The van der Waals surface area contributed by atoms with E-state index >= 15 is 0 Å². The zero-order valence-corrected chi connectivity index (χ0v) is 23.3. The number of ether oxygens (including phenoxy) is 4. The van der Waals surface area contributed by atoms with Gasteiger partial charge >= 0.3 is 0 Å². The minimum absolute atomic E-state index is 0.0632. The van der Waals surface area contributed by atoms with E-state index in [1.54, 1.807) is 17.0 Å². The molecule has 0 bridgehead atoms. The Balaban J connectivity index is 1.67. The third-order valence-corrected chi connectivity index (χ3v) is 8.39. The van der Waals surface area contributed by atoms with E-state index in [2.05, 4.69) is 4.90 Å². The van der Waals surface area contributed by atoms with Gasteiger partial charge in [-0.1, -0.05) is 18.2 Å². The molecule has 0 unspecified atom stereocenters. The summed E-state index contributed by atoms with van der Waals surface area (Å²) >= 11 is 0. The average molecular weight is 556 g/mol. The van der Waals surface area contributed by atoms with E-state index in [0.29, 0.717) is 37.7 Å². The first kappa shape index (κ1) is 27.9. The van der Waals surface area contributed by atoms with Crippen molar-refractivity contribution < 1.29 is 32.2 Å². The summed E-state index contributed by atoms with van der Waals surface area (Å²) in [6.07, 6.45) is 0. The predicted octanol–water partition coefficient (Wildman–Crippen LogP) is 3.27. The van der Waals surface area contributed by atoms with Gasteiger partial charge in [-0.25, -0.2) is 8.42 Å². The van der Waals surface area contributed by atoms with Crippen LogP contribution in [-0.2, 0) is 14.8 Å². The number of carbonyl (C=O) groups is 1. The van der Waals surface area contributed by atoms with Crippen LogP contribution in [0.25, 0.3) is 0 Å². The predicted molar refractivity (Wildman–Crippen MR) is 149 cm³/mol. The largest absolute Gasteiger partial charge is 0.497 e. The number of benzene rings is 3. The molecular weight excluding hydrogens is 522 g/mol. The molecule has 1 fully saturated rings. The molecule has 3 aromatic carbocycles. The van der Waals surface area contributed by atoms with Gasteiger partial charge in [0.2, 0.25) is 5.91 Å². The Hall–Kier alpha value is -4.12. The lowest BCUT2D eigenvalue weighted by molar-refractivity contribution is -0.129. The molecule has 4 rings (SSSR count). The fraction of sp³-hybridized carbons (Fsp3) is 0.321. The van der Waals surface area contributed by atoms with Crippen molar-refractivity contribution in [3.8, 4) is 23.0 Å². The molecular formula is C28H33N3O7S. The van der Waals surface area contributed by atoms with Crippen molar-refractivity contribution in [3.05, 3.63) is 66.7 Å². The fourth-order valence-electron chi connectivity index (χ4n) is 4.47. The van der Waals surface area contributed by atoms with Crippen molar-refractivity contribution in [2.75, 3.05) is 70.4 Å². The number of nitrogens with zero attached hydrogens (tertiary/aromatic N) is 3. The first-order valence-corrected chi connectivity index (χ1v) is 13.8. The molecule has 0 atom stereocenters. The van der Waals surface area contributed by atoms with Crippen LogP contribution < -0.4 is 28.2 Å². The zero-order valence-electron chi connectivity index (χ0n) is 22.5. The van der Waals surface area contributed by atoms with Gasteiger partial charge in [0, 0.05) is 44.0 Å². The number of sulfonamides is 1. The van der Waals surface area contributed by atoms with E-state index in [-0.39, 0.29) is 28.0 Å². The summed E-state index contributed by atoms with van der Waals surface area (Å²) in [6, 6.07) is 19.1. The van der Waals surface area contributed by atoms with Crippen molar-refractivity contribution in [1.82, 2.24) is 4.90 Å². The molecule has 10 nitrogen and oxygen atoms in total. The smallest absolute Gasteiger partial charge is 0.265 e. The number of rotatable bonds is 10. The van der Waals surface area contributed by atoms with Gasteiger partial charge in [0.25, 0.3) is 10.0 Å². The lowest BCUT2D eigenvalue weighted by Gasteiger charge is -2.37. The number of methoxy groups -OCH3 is 4. The van der Waals surface area contributed by atoms with Gasteiger partial charge in [-0.3, -0.25) is 9.10 Å². The Labute approximate surface area is 229 Å². The van der Waals surface area contributed by atoms with Gasteiger partial charge in [0.15, 0.2) is 11.5 Å². The highest BCUT2D eigenvalue weighted by Crippen LogP contribution is 2.37. The SMILES string of the molecule is COc1ccc(OC)c(N(CC(=O)N2CCN(c3ccccc3)CC2)S(=O)(=O)c2ccc(OC)c(OC)c2)c1. The van der Waals surface area contributed by atoms with Gasteiger partial charge in [0.1, 0.15) is 18.0 Å². The number of amides is 1. The zero-order chi connectivity index (χ0) is 28.0. The second-order valence-electron chi connectivity index (χ2n) is 8.77. The summed E-state index contributed by atoms with van der Waals surface area (Å²) in [4.78, 5) is 17.4. The molecule has 0 aliphatic carbocycles. The molecule has 0 radical (unpaired) electrons. The Bertz CT molecular complexity index is 1390. The second-order valence-corrected chi connectivity index (χ2v) is 10.6. The van der Waals surface area contributed by atoms with Crippen LogP contribution in [0.3, 0.4) is 0 Å². The van der Waals surface area contributed by atoms with E-state index in [0.717, 1.165) is 9.99 Å².